The normalized spacial score (nSPS) is 10.7. The summed E-state index contributed by atoms with van der Waals surface area (Å²) in [6, 6.07) is 14.4. The van der Waals surface area contributed by atoms with Crippen LogP contribution in [0.15, 0.2) is 66.3 Å². The summed E-state index contributed by atoms with van der Waals surface area (Å²) in [5.74, 6) is 1.90. The molecule has 2 aromatic carbocycles. The fraction of sp³-hybridized carbons (Fsp3) is 0.200. The number of aromatic nitrogens is 3. The zero-order valence-corrected chi connectivity index (χ0v) is 15.4. The maximum Gasteiger partial charge on any atom is 0.191 e. The summed E-state index contributed by atoms with van der Waals surface area (Å²) in [6.45, 7) is 6.75. The predicted octanol–water partition coefficient (Wildman–Crippen LogP) is 4.78. The van der Waals surface area contributed by atoms with Gasteiger partial charge in [0.15, 0.2) is 11.0 Å². The van der Waals surface area contributed by atoms with Gasteiger partial charge in [0.05, 0.1) is 0 Å². The van der Waals surface area contributed by atoms with Gasteiger partial charge in [-0.1, -0.05) is 47.7 Å². The van der Waals surface area contributed by atoms with Crippen molar-refractivity contribution in [2.24, 2.45) is 0 Å². The Morgan fingerprint density at radius 1 is 1.19 bits per heavy atom. The van der Waals surface area contributed by atoms with Crippen molar-refractivity contribution in [3.63, 3.8) is 0 Å². The van der Waals surface area contributed by atoms with Crippen LogP contribution in [-0.2, 0) is 18.9 Å². The topological polar surface area (TPSA) is 39.9 Å². The van der Waals surface area contributed by atoms with Crippen LogP contribution < -0.4 is 4.74 Å². The molecule has 0 unspecified atom stereocenters. The van der Waals surface area contributed by atoms with Crippen LogP contribution in [0, 0.1) is 12.7 Å². The van der Waals surface area contributed by atoms with Crippen LogP contribution in [0.3, 0.4) is 0 Å². The van der Waals surface area contributed by atoms with Gasteiger partial charge in [0.25, 0.3) is 0 Å². The minimum absolute atomic E-state index is 0.233. The first-order chi connectivity index (χ1) is 12.7. The smallest absolute Gasteiger partial charge is 0.191 e. The summed E-state index contributed by atoms with van der Waals surface area (Å²) >= 11 is 1.51. The third-order valence-corrected chi connectivity index (χ3v) is 4.79. The van der Waals surface area contributed by atoms with Crippen molar-refractivity contribution in [1.82, 2.24) is 14.8 Å². The van der Waals surface area contributed by atoms with E-state index in [1.807, 2.05) is 41.8 Å². The minimum Gasteiger partial charge on any atom is -0.486 e. The molecule has 0 aliphatic rings. The first kappa shape index (κ1) is 18.2. The third-order valence-electron chi connectivity index (χ3n) is 3.75. The average Bonchev–Trinajstić information content (AvgIpc) is 3.02. The lowest BCUT2D eigenvalue weighted by atomic mass is 10.2. The van der Waals surface area contributed by atoms with Crippen molar-refractivity contribution < 1.29 is 9.13 Å². The Bertz CT molecular complexity index is 877. The van der Waals surface area contributed by atoms with Crippen LogP contribution in [0.25, 0.3) is 0 Å². The summed E-state index contributed by atoms with van der Waals surface area (Å²) in [7, 11) is 0. The molecule has 0 bridgehead atoms. The quantitative estimate of drug-likeness (QED) is 0.423. The highest BCUT2D eigenvalue weighted by Gasteiger charge is 2.12. The highest BCUT2D eigenvalue weighted by molar-refractivity contribution is 7.98. The predicted molar refractivity (Wildman–Crippen MR) is 102 cm³/mol. The zero-order valence-electron chi connectivity index (χ0n) is 14.6. The second kappa shape index (κ2) is 8.67. The lowest BCUT2D eigenvalue weighted by molar-refractivity contribution is 0.289. The molecule has 3 rings (SSSR count). The molecule has 1 aromatic heterocycles. The molecule has 4 nitrogen and oxygen atoms in total. The second-order valence-corrected chi connectivity index (χ2v) is 6.76. The number of hydrogen-bond acceptors (Lipinski definition) is 4. The maximum atomic E-state index is 13.3. The SMILES string of the molecule is C=CCn1c(COc2ccc(C)cc2)nnc1SCc1cccc(F)c1. The second-order valence-electron chi connectivity index (χ2n) is 5.82. The van der Waals surface area contributed by atoms with E-state index in [0.717, 1.165) is 22.3 Å². The van der Waals surface area contributed by atoms with E-state index >= 15 is 0 Å². The van der Waals surface area contributed by atoms with Crippen LogP contribution >= 0.6 is 11.8 Å². The molecule has 0 N–H and O–H groups in total. The Morgan fingerprint density at radius 2 is 2.00 bits per heavy atom. The third kappa shape index (κ3) is 4.73. The minimum atomic E-state index is -0.233. The Hall–Kier alpha value is -2.60. The molecule has 0 spiro atoms. The standard InChI is InChI=1S/C20H20FN3OS/c1-3-11-24-19(13-25-18-9-7-15(2)8-10-18)22-23-20(24)26-14-16-5-4-6-17(21)12-16/h3-10,12H,1,11,13-14H2,2H3. The van der Waals surface area contributed by atoms with Gasteiger partial charge in [-0.25, -0.2) is 4.39 Å². The van der Waals surface area contributed by atoms with E-state index in [4.69, 9.17) is 4.74 Å². The molecular weight excluding hydrogens is 349 g/mol. The van der Waals surface area contributed by atoms with Crippen LogP contribution in [0.2, 0.25) is 0 Å². The lowest BCUT2D eigenvalue weighted by Gasteiger charge is -2.09. The van der Waals surface area contributed by atoms with E-state index in [0.29, 0.717) is 18.9 Å². The summed E-state index contributed by atoms with van der Waals surface area (Å²) in [6.07, 6.45) is 1.80. The van der Waals surface area contributed by atoms with Gasteiger partial charge < -0.3 is 4.74 Å². The van der Waals surface area contributed by atoms with Crippen molar-refractivity contribution in [3.05, 3.63) is 84.0 Å². The van der Waals surface area contributed by atoms with E-state index in [1.165, 1.54) is 29.5 Å². The number of hydrogen-bond donors (Lipinski definition) is 0. The number of halogens is 1. The van der Waals surface area contributed by atoms with Crippen LogP contribution in [-0.4, -0.2) is 14.8 Å². The Labute approximate surface area is 156 Å². The number of benzene rings is 2. The highest BCUT2D eigenvalue weighted by Crippen LogP contribution is 2.23. The molecule has 0 aliphatic heterocycles. The van der Waals surface area contributed by atoms with E-state index in [-0.39, 0.29) is 5.82 Å². The fourth-order valence-electron chi connectivity index (χ4n) is 2.40. The van der Waals surface area contributed by atoms with Gasteiger partial charge >= 0.3 is 0 Å². The highest BCUT2D eigenvalue weighted by atomic mass is 32.2. The van der Waals surface area contributed by atoms with Gasteiger partial charge in [-0.15, -0.1) is 16.8 Å². The molecule has 0 saturated carbocycles. The zero-order chi connectivity index (χ0) is 18.4. The molecular formula is C20H20FN3OS. The van der Waals surface area contributed by atoms with Gasteiger partial charge in [-0.3, -0.25) is 4.57 Å². The van der Waals surface area contributed by atoms with Crippen molar-refractivity contribution in [1.29, 1.82) is 0 Å². The van der Waals surface area contributed by atoms with E-state index < -0.39 is 0 Å². The molecule has 0 amide bonds. The fourth-order valence-corrected chi connectivity index (χ4v) is 3.31. The molecule has 0 radical (unpaired) electrons. The van der Waals surface area contributed by atoms with Gasteiger partial charge in [0.1, 0.15) is 18.2 Å². The van der Waals surface area contributed by atoms with E-state index in [1.54, 1.807) is 12.1 Å². The average molecular weight is 369 g/mol. The maximum absolute atomic E-state index is 13.3. The first-order valence-electron chi connectivity index (χ1n) is 8.25. The monoisotopic (exact) mass is 369 g/mol. The Kier molecular flexibility index (Phi) is 6.07. The first-order valence-corrected chi connectivity index (χ1v) is 9.24. The lowest BCUT2D eigenvalue weighted by Crippen LogP contribution is -2.07. The van der Waals surface area contributed by atoms with Gasteiger partial charge in [-0.05, 0) is 36.8 Å². The molecule has 0 aliphatic carbocycles. The number of nitrogens with zero attached hydrogens (tertiary/aromatic N) is 3. The number of allylic oxidation sites excluding steroid dienone is 1. The van der Waals surface area contributed by atoms with Crippen LogP contribution in [0.5, 0.6) is 5.75 Å². The summed E-state index contributed by atoms with van der Waals surface area (Å²) in [5, 5.41) is 9.26. The largest absolute Gasteiger partial charge is 0.486 e. The molecule has 26 heavy (non-hydrogen) atoms. The summed E-state index contributed by atoms with van der Waals surface area (Å²) < 4.78 is 21.1. The van der Waals surface area contributed by atoms with Crippen LogP contribution in [0.4, 0.5) is 4.39 Å². The number of rotatable bonds is 8. The van der Waals surface area contributed by atoms with E-state index in [9.17, 15) is 4.39 Å². The molecule has 1 heterocycles. The van der Waals surface area contributed by atoms with Crippen molar-refractivity contribution >= 4 is 11.8 Å². The van der Waals surface area contributed by atoms with Crippen LogP contribution in [0.1, 0.15) is 17.0 Å². The number of thioether (sulfide) groups is 1. The van der Waals surface area contributed by atoms with Gasteiger partial charge in [0.2, 0.25) is 0 Å². The summed E-state index contributed by atoms with van der Waals surface area (Å²) in [5.41, 5.74) is 2.09. The Balaban J connectivity index is 1.68. The van der Waals surface area contributed by atoms with Crippen molar-refractivity contribution in [2.45, 2.75) is 31.0 Å². The molecule has 0 atom stereocenters. The summed E-state index contributed by atoms with van der Waals surface area (Å²) in [4.78, 5) is 0. The van der Waals surface area contributed by atoms with Gasteiger partial charge in [0, 0.05) is 12.3 Å². The molecule has 0 fully saturated rings. The molecule has 3 aromatic rings. The Morgan fingerprint density at radius 3 is 2.73 bits per heavy atom. The molecule has 6 heteroatoms. The van der Waals surface area contributed by atoms with Crippen molar-refractivity contribution in [3.8, 4) is 5.75 Å². The van der Waals surface area contributed by atoms with Crippen molar-refractivity contribution in [2.75, 3.05) is 0 Å². The van der Waals surface area contributed by atoms with E-state index in [2.05, 4.69) is 16.8 Å². The number of ether oxygens (including phenoxy) is 1. The van der Waals surface area contributed by atoms with Gasteiger partial charge in [-0.2, -0.15) is 0 Å². The number of aryl methyl sites for hydroxylation is 1. The molecule has 134 valence electrons. The molecule has 0 saturated heterocycles.